The molecule has 190 valence electrons. The van der Waals surface area contributed by atoms with Crippen molar-refractivity contribution < 1.29 is 22.7 Å². The largest absolute Gasteiger partial charge is 0.481 e. The lowest BCUT2D eigenvalue weighted by atomic mass is 10.0. The number of fused-ring (bicyclic) bond motifs is 1. The van der Waals surface area contributed by atoms with E-state index in [9.17, 15) is 18.3 Å². The molecule has 0 saturated carbocycles. The molecule has 0 aliphatic heterocycles. The number of hydrogen-bond acceptors (Lipinski definition) is 6. The number of rotatable bonds is 11. The van der Waals surface area contributed by atoms with E-state index in [2.05, 4.69) is 0 Å². The maximum Gasteiger partial charge on any atom is 0.310 e. The minimum atomic E-state index is -3.60. The molecule has 2 aromatic carbocycles. The van der Waals surface area contributed by atoms with E-state index in [4.69, 9.17) is 9.40 Å². The predicted molar refractivity (Wildman–Crippen MR) is 140 cm³/mol. The predicted octanol–water partition coefficient (Wildman–Crippen LogP) is 5.19. The molecule has 0 aliphatic carbocycles. The number of carboxylic acid groups (broad SMARTS) is 1. The number of thioether (sulfide) groups is 1. The van der Waals surface area contributed by atoms with Gasteiger partial charge >= 0.3 is 5.97 Å². The molecular formula is C26H29N3O5S2. The van der Waals surface area contributed by atoms with Crippen molar-refractivity contribution >= 4 is 38.8 Å². The second kappa shape index (κ2) is 10.9. The van der Waals surface area contributed by atoms with Gasteiger partial charge in [0.05, 0.1) is 34.7 Å². The highest BCUT2D eigenvalue weighted by Crippen LogP contribution is 2.30. The summed E-state index contributed by atoms with van der Waals surface area (Å²) in [6.45, 7) is 6.56. The van der Waals surface area contributed by atoms with Crippen LogP contribution in [0.15, 0.2) is 75.3 Å². The minimum Gasteiger partial charge on any atom is -0.481 e. The van der Waals surface area contributed by atoms with Crippen molar-refractivity contribution in [2.45, 2.75) is 49.0 Å². The Morgan fingerprint density at radius 2 is 1.86 bits per heavy atom. The van der Waals surface area contributed by atoms with E-state index in [0.717, 1.165) is 27.6 Å². The van der Waals surface area contributed by atoms with E-state index in [1.807, 2.05) is 54.8 Å². The van der Waals surface area contributed by atoms with E-state index < -0.39 is 21.9 Å². The molecule has 1 atom stereocenters. The third kappa shape index (κ3) is 5.35. The molecule has 0 bridgehead atoms. The van der Waals surface area contributed by atoms with Crippen molar-refractivity contribution in [3.63, 3.8) is 0 Å². The fourth-order valence-corrected chi connectivity index (χ4v) is 6.42. The summed E-state index contributed by atoms with van der Waals surface area (Å²) in [5.41, 5.74) is 3.20. The van der Waals surface area contributed by atoms with Crippen LogP contribution in [-0.4, -0.2) is 46.4 Å². The van der Waals surface area contributed by atoms with E-state index >= 15 is 0 Å². The van der Waals surface area contributed by atoms with Gasteiger partial charge in [0.1, 0.15) is 5.76 Å². The van der Waals surface area contributed by atoms with Gasteiger partial charge in [-0.15, -0.1) is 0 Å². The monoisotopic (exact) mass is 527 g/mol. The van der Waals surface area contributed by atoms with Gasteiger partial charge in [-0.3, -0.25) is 4.79 Å². The number of carboxylic acids is 1. The molecule has 10 heteroatoms. The van der Waals surface area contributed by atoms with E-state index in [1.54, 1.807) is 31.4 Å². The number of furan rings is 1. The molecule has 0 radical (unpaired) electrons. The Morgan fingerprint density at radius 1 is 1.14 bits per heavy atom. The fraction of sp³-hybridized carbons (Fsp3) is 0.308. The molecule has 2 heterocycles. The average Bonchev–Trinajstić information content (AvgIpc) is 3.51. The zero-order chi connectivity index (χ0) is 25.9. The molecule has 4 rings (SSSR count). The van der Waals surface area contributed by atoms with Crippen LogP contribution in [0.5, 0.6) is 0 Å². The number of aromatic nitrogens is 2. The summed E-state index contributed by atoms with van der Waals surface area (Å²) in [6, 6.07) is 16.3. The van der Waals surface area contributed by atoms with Crippen molar-refractivity contribution in [2.75, 3.05) is 13.1 Å². The van der Waals surface area contributed by atoms with Gasteiger partial charge in [-0.2, -0.15) is 4.31 Å². The molecule has 0 unspecified atom stereocenters. The van der Waals surface area contributed by atoms with Crippen LogP contribution in [-0.2, 0) is 27.1 Å². The Labute approximate surface area is 215 Å². The van der Waals surface area contributed by atoms with Gasteiger partial charge in [-0.25, -0.2) is 13.4 Å². The third-order valence-electron chi connectivity index (χ3n) is 6.14. The number of hydrogen-bond donors (Lipinski definition) is 1. The first kappa shape index (κ1) is 26.0. The van der Waals surface area contributed by atoms with Crippen LogP contribution in [0, 0.1) is 0 Å². The number of carbonyl (C=O) groups is 1. The first-order valence-corrected chi connectivity index (χ1v) is 14.1. The smallest absolute Gasteiger partial charge is 0.310 e. The maximum absolute atomic E-state index is 13.0. The Hall–Kier alpha value is -3.08. The zero-order valence-electron chi connectivity index (χ0n) is 20.4. The third-order valence-corrected chi connectivity index (χ3v) is 9.23. The van der Waals surface area contributed by atoms with Gasteiger partial charge in [0.25, 0.3) is 0 Å². The van der Waals surface area contributed by atoms with Crippen LogP contribution in [0.3, 0.4) is 0 Å². The van der Waals surface area contributed by atoms with Crippen LogP contribution in [0.2, 0.25) is 0 Å². The lowest BCUT2D eigenvalue weighted by molar-refractivity contribution is -0.138. The first-order valence-electron chi connectivity index (χ1n) is 11.7. The van der Waals surface area contributed by atoms with Crippen LogP contribution >= 0.6 is 11.8 Å². The van der Waals surface area contributed by atoms with E-state index in [1.165, 1.54) is 16.1 Å². The van der Waals surface area contributed by atoms with Gasteiger partial charge in [0, 0.05) is 18.8 Å². The van der Waals surface area contributed by atoms with Crippen LogP contribution in [0.25, 0.3) is 11.0 Å². The second-order valence-corrected chi connectivity index (χ2v) is 11.3. The van der Waals surface area contributed by atoms with Crippen molar-refractivity contribution in [3.05, 3.63) is 77.7 Å². The molecule has 0 amide bonds. The van der Waals surface area contributed by atoms with Gasteiger partial charge in [-0.05, 0) is 48.4 Å². The van der Waals surface area contributed by atoms with Gasteiger partial charge in [-0.1, -0.05) is 49.9 Å². The van der Waals surface area contributed by atoms with Crippen molar-refractivity contribution in [2.24, 2.45) is 0 Å². The normalized spacial score (nSPS) is 12.9. The molecule has 36 heavy (non-hydrogen) atoms. The Morgan fingerprint density at radius 3 is 2.47 bits per heavy atom. The first-order chi connectivity index (χ1) is 17.2. The summed E-state index contributed by atoms with van der Waals surface area (Å²) in [5.74, 6) is -0.0338. The fourth-order valence-electron chi connectivity index (χ4n) is 3.97. The van der Waals surface area contributed by atoms with Crippen molar-refractivity contribution in [3.8, 4) is 0 Å². The zero-order valence-corrected chi connectivity index (χ0v) is 22.1. The quantitative estimate of drug-likeness (QED) is 0.268. The van der Waals surface area contributed by atoms with Crippen LogP contribution in [0.4, 0.5) is 0 Å². The Balaban J connectivity index is 1.66. The molecule has 2 aromatic heterocycles. The van der Waals surface area contributed by atoms with Crippen molar-refractivity contribution in [1.82, 2.24) is 13.9 Å². The molecule has 1 N–H and O–H groups in total. The number of nitrogens with zero attached hydrogens (tertiary/aromatic N) is 3. The molecule has 0 aliphatic rings. The Bertz CT molecular complexity index is 1440. The highest BCUT2D eigenvalue weighted by atomic mass is 32.2. The summed E-state index contributed by atoms with van der Waals surface area (Å²) in [6.07, 6.45) is 1.62. The average molecular weight is 528 g/mol. The van der Waals surface area contributed by atoms with Crippen LogP contribution < -0.4 is 0 Å². The molecule has 0 spiro atoms. The SMILES string of the molecule is CCN(CC)S(=O)(=O)c1ccc2c(c1)nc(SCc1ccc([C@@H](C)C(=O)O)cc1)n2Cc1ccco1. The summed E-state index contributed by atoms with van der Waals surface area (Å²) >= 11 is 1.53. The molecule has 8 nitrogen and oxygen atoms in total. The van der Waals surface area contributed by atoms with Crippen LogP contribution in [0.1, 0.15) is 43.6 Å². The minimum absolute atomic E-state index is 0.223. The highest BCUT2D eigenvalue weighted by molar-refractivity contribution is 7.98. The maximum atomic E-state index is 13.0. The summed E-state index contributed by atoms with van der Waals surface area (Å²) in [5, 5.41) is 9.96. The number of imidazole rings is 1. The standard InChI is InChI=1S/C26H29N3O5S2/c1-4-28(5-2)36(32,33)22-12-13-24-23(15-22)27-26(29(24)16-21-7-6-14-34-21)35-17-19-8-10-20(11-9-19)18(3)25(30)31/h6-15,18H,4-5,16-17H2,1-3H3,(H,30,31)/t18-/m1/s1. The highest BCUT2D eigenvalue weighted by Gasteiger charge is 2.23. The second-order valence-electron chi connectivity index (χ2n) is 8.39. The summed E-state index contributed by atoms with van der Waals surface area (Å²) in [7, 11) is -3.60. The number of sulfonamides is 1. The van der Waals surface area contributed by atoms with Gasteiger partial charge in [0.2, 0.25) is 10.0 Å². The molecule has 0 saturated heterocycles. The Kier molecular flexibility index (Phi) is 7.87. The summed E-state index contributed by atoms with van der Waals surface area (Å²) < 4.78 is 35.1. The van der Waals surface area contributed by atoms with E-state index in [-0.39, 0.29) is 4.90 Å². The number of benzene rings is 2. The molecule has 4 aromatic rings. The van der Waals surface area contributed by atoms with Gasteiger partial charge in [0.15, 0.2) is 5.16 Å². The van der Waals surface area contributed by atoms with Gasteiger partial charge < -0.3 is 14.1 Å². The molecular weight excluding hydrogens is 498 g/mol. The lowest BCUT2D eigenvalue weighted by Crippen LogP contribution is -2.30. The number of aliphatic carboxylic acids is 1. The lowest BCUT2D eigenvalue weighted by Gasteiger charge is -2.18. The van der Waals surface area contributed by atoms with Crippen molar-refractivity contribution in [1.29, 1.82) is 0 Å². The topological polar surface area (TPSA) is 106 Å². The van der Waals surface area contributed by atoms with E-state index in [0.29, 0.717) is 30.9 Å². The molecule has 0 fully saturated rings. The summed E-state index contributed by atoms with van der Waals surface area (Å²) in [4.78, 5) is 16.3.